The molecule has 1 aromatic rings. The van der Waals surface area contributed by atoms with Crippen molar-refractivity contribution in [3.8, 4) is 11.8 Å². The molecule has 2 nitrogen and oxygen atoms in total. The highest BCUT2D eigenvalue weighted by Gasteiger charge is 2.54. The Labute approximate surface area is 103 Å². The van der Waals surface area contributed by atoms with E-state index in [9.17, 15) is 0 Å². The molecule has 1 aliphatic rings. The third-order valence-corrected chi connectivity index (χ3v) is 4.15. The molecule has 0 N–H and O–H groups in total. The first kappa shape index (κ1) is 12.0. The largest absolute Gasteiger partial charge is 0.496 e. The van der Waals surface area contributed by atoms with Crippen molar-refractivity contribution in [2.24, 2.45) is 5.92 Å². The van der Waals surface area contributed by atoms with Gasteiger partial charge in [-0.15, -0.1) is 0 Å². The van der Waals surface area contributed by atoms with Crippen molar-refractivity contribution in [2.75, 3.05) is 7.11 Å². The van der Waals surface area contributed by atoms with E-state index in [1.54, 1.807) is 7.11 Å². The standard InChI is InChI=1S/C15H19NO/c1-9-6-10(2)13(14(17-5)11(9)3)15(4)7-12(15)8-16/h6,12H,7H2,1-5H3. The number of methoxy groups -OCH3 is 1. The molecule has 2 unspecified atom stereocenters. The number of nitriles is 1. The number of aryl methyl sites for hydroxylation is 2. The lowest BCUT2D eigenvalue weighted by Crippen LogP contribution is -2.10. The van der Waals surface area contributed by atoms with Crippen molar-refractivity contribution in [3.05, 3.63) is 28.3 Å². The zero-order chi connectivity index (χ0) is 12.8. The predicted molar refractivity (Wildman–Crippen MR) is 68.3 cm³/mol. The van der Waals surface area contributed by atoms with Crippen LogP contribution in [0.25, 0.3) is 0 Å². The van der Waals surface area contributed by atoms with Gasteiger partial charge in [0.05, 0.1) is 19.1 Å². The maximum atomic E-state index is 9.09. The van der Waals surface area contributed by atoms with E-state index in [1.165, 1.54) is 22.3 Å². The molecule has 1 aromatic carbocycles. The van der Waals surface area contributed by atoms with Gasteiger partial charge in [-0.25, -0.2) is 0 Å². The second-order valence-electron chi connectivity index (χ2n) is 5.35. The summed E-state index contributed by atoms with van der Waals surface area (Å²) in [6, 6.07) is 4.58. The Bertz CT molecular complexity index is 513. The van der Waals surface area contributed by atoms with Gasteiger partial charge in [0, 0.05) is 11.0 Å². The number of rotatable bonds is 2. The van der Waals surface area contributed by atoms with Crippen molar-refractivity contribution < 1.29 is 4.74 Å². The fraction of sp³-hybridized carbons (Fsp3) is 0.533. The fourth-order valence-corrected chi connectivity index (χ4v) is 2.85. The minimum absolute atomic E-state index is 0.0113. The van der Waals surface area contributed by atoms with Crippen LogP contribution < -0.4 is 4.74 Å². The van der Waals surface area contributed by atoms with Gasteiger partial charge in [-0.3, -0.25) is 0 Å². The van der Waals surface area contributed by atoms with E-state index in [0.29, 0.717) is 0 Å². The van der Waals surface area contributed by atoms with E-state index < -0.39 is 0 Å². The molecule has 17 heavy (non-hydrogen) atoms. The highest BCUT2D eigenvalue weighted by molar-refractivity contribution is 5.56. The monoisotopic (exact) mass is 229 g/mol. The lowest BCUT2D eigenvalue weighted by atomic mass is 9.87. The first-order valence-corrected chi connectivity index (χ1v) is 6.00. The average Bonchev–Trinajstić information content (AvgIpc) is 2.95. The van der Waals surface area contributed by atoms with E-state index in [2.05, 4.69) is 39.8 Å². The van der Waals surface area contributed by atoms with Crippen molar-refractivity contribution in [2.45, 2.75) is 39.5 Å². The number of benzene rings is 1. The molecule has 0 radical (unpaired) electrons. The van der Waals surface area contributed by atoms with Crippen molar-refractivity contribution in [1.82, 2.24) is 0 Å². The Morgan fingerprint density at radius 3 is 2.47 bits per heavy atom. The zero-order valence-electron chi connectivity index (χ0n) is 11.2. The van der Waals surface area contributed by atoms with E-state index >= 15 is 0 Å². The van der Waals surface area contributed by atoms with Crippen LogP contribution in [0.15, 0.2) is 6.07 Å². The molecule has 0 amide bonds. The second kappa shape index (κ2) is 3.77. The molecule has 0 aromatic heterocycles. The molecule has 0 saturated heterocycles. The summed E-state index contributed by atoms with van der Waals surface area (Å²) in [6.45, 7) is 8.47. The van der Waals surface area contributed by atoms with Gasteiger partial charge in [-0.1, -0.05) is 13.0 Å². The Balaban J connectivity index is 2.63. The van der Waals surface area contributed by atoms with Crippen LogP contribution in [0.5, 0.6) is 5.75 Å². The molecule has 0 bridgehead atoms. The van der Waals surface area contributed by atoms with Gasteiger partial charge >= 0.3 is 0 Å². The zero-order valence-corrected chi connectivity index (χ0v) is 11.2. The van der Waals surface area contributed by atoms with Gasteiger partial charge in [-0.05, 0) is 43.9 Å². The molecule has 2 atom stereocenters. The first-order chi connectivity index (χ1) is 7.95. The van der Waals surface area contributed by atoms with Crippen LogP contribution in [0, 0.1) is 38.0 Å². The molecule has 2 heteroatoms. The van der Waals surface area contributed by atoms with Crippen LogP contribution in [-0.4, -0.2) is 7.11 Å². The highest BCUT2D eigenvalue weighted by atomic mass is 16.5. The van der Waals surface area contributed by atoms with Gasteiger partial charge < -0.3 is 4.74 Å². The second-order valence-corrected chi connectivity index (χ2v) is 5.35. The normalized spacial score (nSPS) is 26.5. The van der Waals surface area contributed by atoms with Crippen molar-refractivity contribution in [1.29, 1.82) is 5.26 Å². The minimum atomic E-state index is -0.0113. The summed E-state index contributed by atoms with van der Waals surface area (Å²) in [5, 5.41) is 9.09. The van der Waals surface area contributed by atoms with Crippen molar-refractivity contribution in [3.63, 3.8) is 0 Å². The van der Waals surface area contributed by atoms with Gasteiger partial charge in [0.2, 0.25) is 0 Å². The third kappa shape index (κ3) is 1.61. The molecule has 1 fully saturated rings. The average molecular weight is 229 g/mol. The van der Waals surface area contributed by atoms with Crippen LogP contribution in [-0.2, 0) is 5.41 Å². The third-order valence-electron chi connectivity index (χ3n) is 4.15. The van der Waals surface area contributed by atoms with Gasteiger partial charge in [0.1, 0.15) is 5.75 Å². The number of hydrogen-bond donors (Lipinski definition) is 0. The van der Waals surface area contributed by atoms with Crippen LogP contribution in [0.4, 0.5) is 0 Å². The summed E-state index contributed by atoms with van der Waals surface area (Å²) < 4.78 is 5.59. The Kier molecular flexibility index (Phi) is 2.66. The van der Waals surface area contributed by atoms with E-state index in [4.69, 9.17) is 10.00 Å². The quantitative estimate of drug-likeness (QED) is 0.778. The van der Waals surface area contributed by atoms with Gasteiger partial charge in [0.15, 0.2) is 0 Å². The molecule has 1 aliphatic carbocycles. The van der Waals surface area contributed by atoms with Crippen LogP contribution in [0.3, 0.4) is 0 Å². The molecule has 1 saturated carbocycles. The predicted octanol–water partition coefficient (Wildman–Crippen LogP) is 3.42. The summed E-state index contributed by atoms with van der Waals surface area (Å²) >= 11 is 0. The topological polar surface area (TPSA) is 33.0 Å². The molecule has 0 aliphatic heterocycles. The number of nitrogens with zero attached hydrogens (tertiary/aromatic N) is 1. The summed E-state index contributed by atoms with van der Waals surface area (Å²) in [7, 11) is 1.72. The van der Waals surface area contributed by atoms with E-state index in [0.717, 1.165) is 12.2 Å². The SMILES string of the molecule is COc1c(C)c(C)cc(C)c1C1(C)CC1C#N. The number of ether oxygens (including phenoxy) is 1. The maximum absolute atomic E-state index is 9.09. The van der Waals surface area contributed by atoms with Crippen LogP contribution >= 0.6 is 0 Å². The lowest BCUT2D eigenvalue weighted by Gasteiger charge is -2.21. The highest BCUT2D eigenvalue weighted by Crippen LogP contribution is 2.57. The Hall–Kier alpha value is -1.49. The fourth-order valence-electron chi connectivity index (χ4n) is 2.85. The lowest BCUT2D eigenvalue weighted by molar-refractivity contribution is 0.400. The molecule has 0 heterocycles. The smallest absolute Gasteiger partial charge is 0.126 e. The minimum Gasteiger partial charge on any atom is -0.496 e. The molecule has 90 valence electrons. The first-order valence-electron chi connectivity index (χ1n) is 6.00. The van der Waals surface area contributed by atoms with Gasteiger partial charge in [0.25, 0.3) is 0 Å². The van der Waals surface area contributed by atoms with E-state index in [-0.39, 0.29) is 11.3 Å². The molecule has 2 rings (SSSR count). The van der Waals surface area contributed by atoms with Crippen LogP contribution in [0.1, 0.15) is 35.6 Å². The molecular formula is C15H19NO. The summed E-state index contributed by atoms with van der Waals surface area (Å²) in [5.41, 5.74) is 4.90. The number of hydrogen-bond acceptors (Lipinski definition) is 2. The summed E-state index contributed by atoms with van der Waals surface area (Å²) in [6.07, 6.45) is 0.948. The molecule has 0 spiro atoms. The molecular weight excluding hydrogens is 210 g/mol. The van der Waals surface area contributed by atoms with Crippen LogP contribution in [0.2, 0.25) is 0 Å². The maximum Gasteiger partial charge on any atom is 0.126 e. The van der Waals surface area contributed by atoms with E-state index in [1.807, 2.05) is 0 Å². The summed E-state index contributed by atoms with van der Waals surface area (Å²) in [5.74, 6) is 1.11. The summed E-state index contributed by atoms with van der Waals surface area (Å²) in [4.78, 5) is 0. The Morgan fingerprint density at radius 2 is 2.00 bits per heavy atom. The van der Waals surface area contributed by atoms with Crippen molar-refractivity contribution >= 4 is 0 Å². The van der Waals surface area contributed by atoms with Gasteiger partial charge in [-0.2, -0.15) is 5.26 Å². The Morgan fingerprint density at radius 1 is 1.35 bits per heavy atom.